The van der Waals surface area contributed by atoms with Crippen LogP contribution in [0.1, 0.15) is 20.3 Å². The lowest BCUT2D eigenvalue weighted by Gasteiger charge is -2.00. The molecule has 0 bridgehead atoms. The van der Waals surface area contributed by atoms with Crippen LogP contribution in [0.3, 0.4) is 0 Å². The van der Waals surface area contributed by atoms with E-state index in [1.807, 2.05) is 0 Å². The molecule has 0 amide bonds. The van der Waals surface area contributed by atoms with E-state index in [0.717, 1.165) is 0 Å². The average molecular weight is 288 g/mol. The van der Waals surface area contributed by atoms with Crippen LogP contribution in [0.15, 0.2) is 23.8 Å². The van der Waals surface area contributed by atoms with E-state index in [2.05, 4.69) is 11.3 Å². The van der Waals surface area contributed by atoms with Crippen molar-refractivity contribution in [1.29, 1.82) is 0 Å². The zero-order valence-electron chi connectivity index (χ0n) is 11.1. The van der Waals surface area contributed by atoms with E-state index < -0.39 is 23.9 Å². The molecule has 0 aliphatic rings. The first-order valence-electron chi connectivity index (χ1n) is 5.26. The summed E-state index contributed by atoms with van der Waals surface area (Å²) in [7, 11) is 0. The molecule has 0 spiro atoms. The summed E-state index contributed by atoms with van der Waals surface area (Å²) in [6, 6.07) is 0. The van der Waals surface area contributed by atoms with Crippen molar-refractivity contribution in [1.82, 2.24) is 0 Å². The van der Waals surface area contributed by atoms with Gasteiger partial charge in [0.2, 0.25) is 0 Å². The Morgan fingerprint density at radius 1 is 1.10 bits per heavy atom. The smallest absolute Gasteiger partial charge is 0.333 e. The van der Waals surface area contributed by atoms with Gasteiger partial charge in [0.15, 0.2) is 0 Å². The topological polar surface area (TPSA) is 138 Å². The summed E-state index contributed by atoms with van der Waals surface area (Å²) in [5, 5.41) is 24.2. The highest BCUT2D eigenvalue weighted by atomic mass is 16.5. The maximum absolute atomic E-state index is 10.6. The SMILES string of the molecule is C/C(=C/C(=O)O)C(=O)O.C=C(C)C(=O)OCCC(=O)O. The molecule has 8 heteroatoms. The molecule has 0 rings (SSSR count). The van der Waals surface area contributed by atoms with E-state index in [1.165, 1.54) is 13.8 Å². The third kappa shape index (κ3) is 13.4. The van der Waals surface area contributed by atoms with Gasteiger partial charge in [0.05, 0.1) is 6.42 Å². The first kappa shape index (κ1) is 19.7. The van der Waals surface area contributed by atoms with Gasteiger partial charge in [-0.05, 0) is 13.8 Å². The fourth-order valence-corrected chi connectivity index (χ4v) is 0.601. The van der Waals surface area contributed by atoms with Gasteiger partial charge in [0.1, 0.15) is 6.61 Å². The normalized spacial score (nSPS) is 9.80. The van der Waals surface area contributed by atoms with E-state index in [-0.39, 0.29) is 24.2 Å². The van der Waals surface area contributed by atoms with Crippen LogP contribution in [0, 0.1) is 0 Å². The number of carbonyl (C=O) groups excluding carboxylic acids is 1. The largest absolute Gasteiger partial charge is 0.481 e. The summed E-state index contributed by atoms with van der Waals surface area (Å²) in [6.45, 7) is 5.96. The molecule has 0 aromatic carbocycles. The molecule has 0 aliphatic heterocycles. The van der Waals surface area contributed by atoms with Crippen molar-refractivity contribution < 1.29 is 39.2 Å². The number of ether oxygens (including phenoxy) is 1. The summed E-state index contributed by atoms with van der Waals surface area (Å²) in [4.78, 5) is 40.2. The minimum atomic E-state index is -1.24. The van der Waals surface area contributed by atoms with E-state index in [4.69, 9.17) is 15.3 Å². The molecule has 20 heavy (non-hydrogen) atoms. The van der Waals surface area contributed by atoms with E-state index in [9.17, 15) is 19.2 Å². The van der Waals surface area contributed by atoms with Crippen LogP contribution in [-0.2, 0) is 23.9 Å². The lowest BCUT2D eigenvalue weighted by Crippen LogP contribution is -2.09. The molecule has 0 aromatic heterocycles. The molecule has 0 fully saturated rings. The maximum Gasteiger partial charge on any atom is 0.333 e. The van der Waals surface area contributed by atoms with Gasteiger partial charge in [-0.2, -0.15) is 0 Å². The van der Waals surface area contributed by atoms with Crippen molar-refractivity contribution in [2.45, 2.75) is 20.3 Å². The Bertz CT molecular complexity index is 433. The van der Waals surface area contributed by atoms with Gasteiger partial charge >= 0.3 is 23.9 Å². The number of hydrogen-bond donors (Lipinski definition) is 3. The van der Waals surface area contributed by atoms with Crippen LogP contribution in [-0.4, -0.2) is 45.8 Å². The highest BCUT2D eigenvalue weighted by molar-refractivity contribution is 5.94. The van der Waals surface area contributed by atoms with Crippen LogP contribution in [0.4, 0.5) is 0 Å². The molecule has 8 nitrogen and oxygen atoms in total. The molecule has 0 heterocycles. The van der Waals surface area contributed by atoms with Gasteiger partial charge in [0, 0.05) is 17.2 Å². The lowest BCUT2D eigenvalue weighted by molar-refractivity contribution is -0.143. The second kappa shape index (κ2) is 10.3. The van der Waals surface area contributed by atoms with Crippen molar-refractivity contribution >= 4 is 23.9 Å². The summed E-state index contributed by atoms with van der Waals surface area (Å²) < 4.78 is 4.49. The van der Waals surface area contributed by atoms with Gasteiger partial charge < -0.3 is 20.1 Å². The van der Waals surface area contributed by atoms with Crippen molar-refractivity contribution in [2.75, 3.05) is 6.61 Å². The number of aliphatic carboxylic acids is 3. The minimum Gasteiger partial charge on any atom is -0.481 e. The highest BCUT2D eigenvalue weighted by Crippen LogP contribution is 1.92. The fraction of sp³-hybridized carbons (Fsp3) is 0.333. The van der Waals surface area contributed by atoms with Crippen LogP contribution in [0.25, 0.3) is 0 Å². The molecular formula is C12H16O8. The third-order valence-corrected chi connectivity index (χ3v) is 1.57. The van der Waals surface area contributed by atoms with Crippen molar-refractivity contribution in [3.05, 3.63) is 23.8 Å². The third-order valence-electron chi connectivity index (χ3n) is 1.57. The van der Waals surface area contributed by atoms with Crippen LogP contribution < -0.4 is 0 Å². The average Bonchev–Trinajstić information content (AvgIpc) is 2.27. The van der Waals surface area contributed by atoms with Crippen LogP contribution in [0.5, 0.6) is 0 Å². The van der Waals surface area contributed by atoms with Crippen molar-refractivity contribution in [2.24, 2.45) is 0 Å². The number of esters is 1. The summed E-state index contributed by atoms with van der Waals surface area (Å²) in [6.07, 6.45) is 0.474. The number of rotatable bonds is 6. The van der Waals surface area contributed by atoms with Gasteiger partial charge in [-0.3, -0.25) is 4.79 Å². The summed E-state index contributed by atoms with van der Waals surface area (Å²) in [5.41, 5.74) is 0.0953. The number of hydrogen-bond acceptors (Lipinski definition) is 5. The lowest BCUT2D eigenvalue weighted by atomic mass is 10.3. The molecule has 112 valence electrons. The molecule has 0 unspecified atom stereocenters. The predicted octanol–water partition coefficient (Wildman–Crippen LogP) is 0.682. The molecular weight excluding hydrogens is 272 g/mol. The molecule has 0 saturated carbocycles. The maximum atomic E-state index is 10.6. The Hall–Kier alpha value is -2.64. The van der Waals surface area contributed by atoms with Crippen molar-refractivity contribution in [3.63, 3.8) is 0 Å². The Labute approximate surface area is 115 Å². The molecule has 0 aromatic rings. The zero-order chi connectivity index (χ0) is 16.3. The predicted molar refractivity (Wildman–Crippen MR) is 67.1 cm³/mol. The Kier molecular flexibility index (Phi) is 10.1. The fourth-order valence-electron chi connectivity index (χ4n) is 0.601. The molecule has 3 N–H and O–H groups in total. The van der Waals surface area contributed by atoms with Gasteiger partial charge in [-0.15, -0.1) is 0 Å². The molecule has 0 saturated heterocycles. The number of carboxylic acid groups (broad SMARTS) is 3. The van der Waals surface area contributed by atoms with Gasteiger partial charge in [-0.25, -0.2) is 14.4 Å². The molecule has 0 aliphatic carbocycles. The zero-order valence-corrected chi connectivity index (χ0v) is 11.1. The highest BCUT2D eigenvalue weighted by Gasteiger charge is 2.03. The quantitative estimate of drug-likeness (QED) is 0.479. The Balaban J connectivity index is 0. The monoisotopic (exact) mass is 288 g/mol. The van der Waals surface area contributed by atoms with Crippen LogP contribution in [0.2, 0.25) is 0 Å². The van der Waals surface area contributed by atoms with Crippen molar-refractivity contribution in [3.8, 4) is 0 Å². The van der Waals surface area contributed by atoms with E-state index in [1.54, 1.807) is 0 Å². The van der Waals surface area contributed by atoms with E-state index >= 15 is 0 Å². The first-order chi connectivity index (χ1) is 9.07. The molecule has 0 radical (unpaired) electrons. The van der Waals surface area contributed by atoms with Gasteiger partial charge in [0.25, 0.3) is 0 Å². The number of carbonyl (C=O) groups is 4. The number of carboxylic acids is 3. The summed E-state index contributed by atoms with van der Waals surface area (Å²) >= 11 is 0. The van der Waals surface area contributed by atoms with E-state index in [0.29, 0.717) is 6.08 Å². The van der Waals surface area contributed by atoms with Gasteiger partial charge in [-0.1, -0.05) is 6.58 Å². The Morgan fingerprint density at radius 3 is 1.85 bits per heavy atom. The first-order valence-corrected chi connectivity index (χ1v) is 5.26. The summed E-state index contributed by atoms with van der Waals surface area (Å²) in [5.74, 6) is -3.99. The minimum absolute atomic E-state index is 0.0962. The Morgan fingerprint density at radius 2 is 1.60 bits per heavy atom. The standard InChI is InChI=1S/C7H10O4.C5H6O4/c1-5(2)7(10)11-4-3-6(8)9;1-3(5(8)9)2-4(6)7/h1,3-4H2,2H3,(H,8,9);2H,1H3,(H,6,7)(H,8,9)/b;3-2-. The van der Waals surface area contributed by atoms with Crippen LogP contribution >= 0.6 is 0 Å². The molecule has 0 atom stereocenters. The second-order valence-corrected chi connectivity index (χ2v) is 3.53. The second-order valence-electron chi connectivity index (χ2n) is 3.53.